The van der Waals surface area contributed by atoms with Crippen molar-refractivity contribution in [3.63, 3.8) is 0 Å². The van der Waals surface area contributed by atoms with Gasteiger partial charge in [0, 0.05) is 22.9 Å². The fraction of sp³-hybridized carbons (Fsp3) is 0.0435. The molecule has 4 nitrogen and oxygen atoms in total. The molecule has 0 spiro atoms. The number of benzene rings is 3. The number of fused-ring (bicyclic) bond motifs is 4. The Balaban J connectivity index is 1.68. The predicted molar refractivity (Wildman–Crippen MR) is 107 cm³/mol. The van der Waals surface area contributed by atoms with Crippen LogP contribution in [0.4, 0.5) is 0 Å². The van der Waals surface area contributed by atoms with Gasteiger partial charge in [0.05, 0.1) is 5.52 Å². The largest absolute Gasteiger partial charge is 0.431 e. The predicted octanol–water partition coefficient (Wildman–Crippen LogP) is 5.60. The molecule has 0 amide bonds. The summed E-state index contributed by atoms with van der Waals surface area (Å²) in [6.07, 6.45) is 0. The molecule has 0 saturated heterocycles. The van der Waals surface area contributed by atoms with Gasteiger partial charge in [0.15, 0.2) is 0 Å². The molecule has 2 aromatic heterocycles. The van der Waals surface area contributed by atoms with E-state index in [-0.39, 0.29) is 5.75 Å². The van der Waals surface area contributed by atoms with Crippen LogP contribution in [0.15, 0.2) is 82.0 Å². The van der Waals surface area contributed by atoms with Gasteiger partial charge < -0.3 is 9.15 Å². The molecule has 0 aliphatic rings. The molecule has 0 bridgehead atoms. The van der Waals surface area contributed by atoms with Crippen LogP contribution in [0.25, 0.3) is 32.6 Å². The van der Waals surface area contributed by atoms with Gasteiger partial charge in [-0.1, -0.05) is 48.5 Å². The van der Waals surface area contributed by atoms with Gasteiger partial charge in [-0.3, -0.25) is 0 Å². The summed E-state index contributed by atoms with van der Waals surface area (Å²) in [5.74, 6) is 0.499. The summed E-state index contributed by atoms with van der Waals surface area (Å²) in [6.45, 7) is 1.99. The Hall–Kier alpha value is -3.66. The number of rotatable bonds is 2. The zero-order chi connectivity index (χ0) is 18.4. The second kappa shape index (κ2) is 5.95. The van der Waals surface area contributed by atoms with Gasteiger partial charge in [-0.2, -0.15) is 0 Å². The van der Waals surface area contributed by atoms with Crippen LogP contribution in [0.3, 0.4) is 0 Å². The number of para-hydroxylation sites is 1. The van der Waals surface area contributed by atoms with E-state index in [2.05, 4.69) is 4.98 Å². The number of aromatic nitrogens is 1. The quantitative estimate of drug-likeness (QED) is 0.306. The third kappa shape index (κ3) is 2.62. The van der Waals surface area contributed by atoms with Crippen molar-refractivity contribution < 1.29 is 9.15 Å². The van der Waals surface area contributed by atoms with E-state index in [0.717, 1.165) is 32.6 Å². The van der Waals surface area contributed by atoms with Gasteiger partial charge in [0.25, 0.3) is 0 Å². The van der Waals surface area contributed by atoms with Crippen LogP contribution in [0.2, 0.25) is 0 Å². The van der Waals surface area contributed by atoms with Crippen LogP contribution in [-0.2, 0) is 0 Å². The summed E-state index contributed by atoms with van der Waals surface area (Å²) in [7, 11) is 0. The summed E-state index contributed by atoms with van der Waals surface area (Å²) in [6, 6.07) is 23.1. The van der Waals surface area contributed by atoms with Crippen molar-refractivity contribution in [2.45, 2.75) is 6.92 Å². The lowest BCUT2D eigenvalue weighted by atomic mass is 10.1. The number of hydrogen-bond donors (Lipinski definition) is 0. The lowest BCUT2D eigenvalue weighted by Gasteiger charge is -2.09. The lowest BCUT2D eigenvalue weighted by Crippen LogP contribution is -2.04. The molecule has 3 aromatic carbocycles. The Morgan fingerprint density at radius 3 is 2.52 bits per heavy atom. The minimum absolute atomic E-state index is 0.126. The van der Waals surface area contributed by atoms with Crippen molar-refractivity contribution in [1.29, 1.82) is 0 Å². The second-order valence-electron chi connectivity index (χ2n) is 6.49. The normalized spacial score (nSPS) is 11.3. The van der Waals surface area contributed by atoms with Crippen LogP contribution in [-0.4, -0.2) is 4.98 Å². The van der Waals surface area contributed by atoms with Gasteiger partial charge in [0.2, 0.25) is 11.6 Å². The highest BCUT2D eigenvalue weighted by molar-refractivity contribution is 6.05. The monoisotopic (exact) mass is 353 g/mol. The van der Waals surface area contributed by atoms with Crippen LogP contribution in [0, 0.1) is 6.92 Å². The molecule has 130 valence electrons. The molecule has 4 heteroatoms. The third-order valence-corrected chi connectivity index (χ3v) is 4.72. The number of aryl methyl sites for hydroxylation is 1. The summed E-state index contributed by atoms with van der Waals surface area (Å²) < 4.78 is 11.3. The molecule has 0 unspecified atom stereocenters. The van der Waals surface area contributed by atoms with E-state index in [4.69, 9.17) is 9.15 Å². The Bertz CT molecular complexity index is 1390. The smallest absolute Gasteiger partial charge is 0.379 e. The summed E-state index contributed by atoms with van der Waals surface area (Å²) in [5, 5.41) is 3.97. The van der Waals surface area contributed by atoms with Gasteiger partial charge in [-0.15, -0.1) is 0 Å². The van der Waals surface area contributed by atoms with Crippen molar-refractivity contribution in [1.82, 2.24) is 4.98 Å². The van der Waals surface area contributed by atoms with E-state index >= 15 is 0 Å². The minimum Gasteiger partial charge on any atom is -0.431 e. The average molecular weight is 353 g/mol. The molecule has 0 atom stereocenters. The Morgan fingerprint density at radius 1 is 0.852 bits per heavy atom. The first-order chi connectivity index (χ1) is 13.2. The highest BCUT2D eigenvalue weighted by Gasteiger charge is 2.12. The van der Waals surface area contributed by atoms with Crippen LogP contribution < -0.4 is 10.4 Å². The third-order valence-electron chi connectivity index (χ3n) is 4.72. The summed E-state index contributed by atoms with van der Waals surface area (Å²) >= 11 is 0. The molecule has 0 aliphatic carbocycles. The van der Waals surface area contributed by atoms with E-state index in [9.17, 15) is 4.79 Å². The van der Waals surface area contributed by atoms with E-state index < -0.39 is 5.63 Å². The number of ether oxygens (including phenoxy) is 1. The molecule has 0 saturated carbocycles. The first kappa shape index (κ1) is 15.6. The maximum absolute atomic E-state index is 12.4. The highest BCUT2D eigenvalue weighted by atomic mass is 16.5. The highest BCUT2D eigenvalue weighted by Crippen LogP contribution is 2.29. The number of nitrogens with zero attached hydrogens (tertiary/aromatic N) is 1. The van der Waals surface area contributed by atoms with Crippen molar-refractivity contribution in [3.8, 4) is 11.6 Å². The van der Waals surface area contributed by atoms with Gasteiger partial charge in [-0.05, 0) is 35.4 Å². The molecule has 0 N–H and O–H groups in total. The Labute approximate surface area is 154 Å². The maximum atomic E-state index is 12.4. The van der Waals surface area contributed by atoms with Gasteiger partial charge in [-0.25, -0.2) is 9.78 Å². The van der Waals surface area contributed by atoms with E-state index in [1.165, 1.54) is 0 Å². The number of pyridine rings is 1. The van der Waals surface area contributed by atoms with E-state index in [0.29, 0.717) is 11.5 Å². The zero-order valence-electron chi connectivity index (χ0n) is 14.6. The zero-order valence-corrected chi connectivity index (χ0v) is 14.6. The first-order valence-electron chi connectivity index (χ1n) is 8.69. The Morgan fingerprint density at radius 2 is 1.63 bits per heavy atom. The fourth-order valence-corrected chi connectivity index (χ4v) is 3.41. The minimum atomic E-state index is -0.523. The SMILES string of the molecule is Cc1cc(Oc2cc3c(ccc4ccccc43)oc2=O)nc2ccccc12. The van der Waals surface area contributed by atoms with Crippen LogP contribution >= 0.6 is 0 Å². The number of hydrogen-bond acceptors (Lipinski definition) is 4. The van der Waals surface area contributed by atoms with E-state index in [1.54, 1.807) is 12.1 Å². The maximum Gasteiger partial charge on any atom is 0.379 e. The standard InChI is InChI=1S/C23H15NO3/c1-14-12-22(24-19-9-5-4-7-16(14)19)26-21-13-18-17-8-3-2-6-15(17)10-11-20(18)27-23(21)25/h2-13H,1H3. The first-order valence-corrected chi connectivity index (χ1v) is 8.69. The molecule has 0 radical (unpaired) electrons. The molecular weight excluding hydrogens is 338 g/mol. The molecule has 2 heterocycles. The Kier molecular flexibility index (Phi) is 3.44. The topological polar surface area (TPSA) is 52.3 Å². The molecule has 5 rings (SSSR count). The summed E-state index contributed by atoms with van der Waals surface area (Å²) in [4.78, 5) is 16.9. The molecular formula is C23H15NO3. The van der Waals surface area contributed by atoms with Crippen molar-refractivity contribution in [2.24, 2.45) is 0 Å². The van der Waals surface area contributed by atoms with Gasteiger partial charge >= 0.3 is 5.63 Å². The van der Waals surface area contributed by atoms with Crippen molar-refractivity contribution >= 4 is 32.6 Å². The molecule has 27 heavy (non-hydrogen) atoms. The molecule has 5 aromatic rings. The van der Waals surface area contributed by atoms with E-state index in [1.807, 2.05) is 67.6 Å². The average Bonchev–Trinajstić information content (AvgIpc) is 2.69. The van der Waals surface area contributed by atoms with Crippen LogP contribution in [0.1, 0.15) is 5.56 Å². The van der Waals surface area contributed by atoms with Crippen LogP contribution in [0.5, 0.6) is 11.6 Å². The summed E-state index contributed by atoms with van der Waals surface area (Å²) in [5.41, 5.74) is 1.87. The van der Waals surface area contributed by atoms with Crippen molar-refractivity contribution in [3.05, 3.63) is 88.8 Å². The fourth-order valence-electron chi connectivity index (χ4n) is 3.41. The molecule has 0 fully saturated rings. The lowest BCUT2D eigenvalue weighted by molar-refractivity contribution is 0.425. The van der Waals surface area contributed by atoms with Crippen molar-refractivity contribution in [2.75, 3.05) is 0 Å². The molecule has 0 aliphatic heterocycles. The second-order valence-corrected chi connectivity index (χ2v) is 6.49. The van der Waals surface area contributed by atoms with Gasteiger partial charge in [0.1, 0.15) is 5.58 Å².